The molecule has 0 fully saturated rings. The molecule has 0 aromatic carbocycles. The van der Waals surface area contributed by atoms with Crippen LogP contribution in [0.1, 0.15) is 0 Å². The summed E-state index contributed by atoms with van der Waals surface area (Å²) in [6.45, 7) is -1.42. The molecule has 0 saturated carbocycles. The fourth-order valence-electron chi connectivity index (χ4n) is 0.474. The maximum absolute atomic E-state index is 9.76. The van der Waals surface area contributed by atoms with Crippen LogP contribution < -0.4 is 0 Å². The summed E-state index contributed by atoms with van der Waals surface area (Å²) < 4.78 is 0. The number of aliphatic hydroxyl groups excluding tert-OH is 7. The van der Waals surface area contributed by atoms with Crippen molar-refractivity contribution in [3.05, 3.63) is 0 Å². The Morgan fingerprint density at radius 1 is 0.875 bits per heavy atom. The first-order valence-electron chi connectivity index (χ1n) is 4.44. The third kappa shape index (κ3) is 8.68. The van der Waals surface area contributed by atoms with Crippen LogP contribution >= 0.6 is 0 Å². The van der Waals surface area contributed by atoms with E-state index in [9.17, 15) is 4.79 Å². The minimum Gasteiger partial charge on any atom is -0.394 e. The summed E-state index contributed by atoms with van der Waals surface area (Å²) in [5.74, 6) is 0. The average molecular weight is 242 g/mol. The first-order valence-corrected chi connectivity index (χ1v) is 4.44. The largest absolute Gasteiger partial charge is 0.394 e. The first kappa shape index (κ1) is 17.8. The lowest BCUT2D eigenvalue weighted by Crippen LogP contribution is -2.40. The molecule has 0 bridgehead atoms. The van der Waals surface area contributed by atoms with Crippen LogP contribution in [0.15, 0.2) is 0 Å². The zero-order chi connectivity index (χ0) is 13.1. The smallest absolute Gasteiger partial charge is 0.151 e. The van der Waals surface area contributed by atoms with Gasteiger partial charge in [-0.1, -0.05) is 0 Å². The quantitative estimate of drug-likeness (QED) is 0.230. The SMILES string of the molecule is O=C[C@H](O)[C@H](O)[C@H](O)CO.OCC(O)CO. The Morgan fingerprint density at radius 3 is 1.50 bits per heavy atom. The number of hydrogen-bond acceptors (Lipinski definition) is 8. The van der Waals surface area contributed by atoms with Gasteiger partial charge < -0.3 is 40.5 Å². The topological polar surface area (TPSA) is 159 Å². The van der Waals surface area contributed by atoms with Crippen molar-refractivity contribution >= 4 is 6.29 Å². The molecule has 0 heterocycles. The average Bonchev–Trinajstić information content (AvgIpc) is 2.35. The minimum atomic E-state index is -1.64. The standard InChI is InChI=1S/C5H10O5.C3H8O3/c6-1-3(8)5(10)4(9)2-7;4-1-3(6)2-5/h1,3-5,7-10H,2H2;3-6H,1-2H2/t3-,4+,5-;/m0./s1. The van der Waals surface area contributed by atoms with Crippen LogP contribution in [0.2, 0.25) is 0 Å². The van der Waals surface area contributed by atoms with Gasteiger partial charge in [0.2, 0.25) is 0 Å². The molecule has 0 aliphatic rings. The summed E-state index contributed by atoms with van der Waals surface area (Å²) >= 11 is 0. The minimum absolute atomic E-state index is 0.0869. The Bertz CT molecular complexity index is 160. The zero-order valence-electron chi connectivity index (χ0n) is 8.55. The predicted molar refractivity (Wildman–Crippen MR) is 51.3 cm³/mol. The van der Waals surface area contributed by atoms with Gasteiger partial charge in [0, 0.05) is 0 Å². The van der Waals surface area contributed by atoms with Crippen molar-refractivity contribution in [1.82, 2.24) is 0 Å². The highest BCUT2D eigenvalue weighted by Crippen LogP contribution is 1.96. The fraction of sp³-hybridized carbons (Fsp3) is 0.875. The van der Waals surface area contributed by atoms with Crippen LogP contribution in [-0.2, 0) is 4.79 Å². The van der Waals surface area contributed by atoms with Crippen LogP contribution in [0.5, 0.6) is 0 Å². The van der Waals surface area contributed by atoms with Crippen molar-refractivity contribution in [3.63, 3.8) is 0 Å². The van der Waals surface area contributed by atoms with Crippen molar-refractivity contribution in [2.75, 3.05) is 19.8 Å². The molecule has 0 saturated heterocycles. The number of rotatable bonds is 6. The van der Waals surface area contributed by atoms with Crippen molar-refractivity contribution in [3.8, 4) is 0 Å². The van der Waals surface area contributed by atoms with E-state index in [0.29, 0.717) is 0 Å². The van der Waals surface area contributed by atoms with E-state index in [0.717, 1.165) is 0 Å². The van der Waals surface area contributed by atoms with Gasteiger partial charge in [-0.2, -0.15) is 0 Å². The Morgan fingerprint density at radius 2 is 1.31 bits per heavy atom. The molecule has 8 nitrogen and oxygen atoms in total. The van der Waals surface area contributed by atoms with Gasteiger partial charge in [0.25, 0.3) is 0 Å². The third-order valence-electron chi connectivity index (χ3n) is 1.49. The van der Waals surface area contributed by atoms with E-state index < -0.39 is 31.0 Å². The lowest BCUT2D eigenvalue weighted by atomic mass is 10.1. The second-order valence-corrected chi connectivity index (χ2v) is 2.89. The summed E-state index contributed by atoms with van der Waals surface area (Å²) in [5, 5.41) is 58.1. The molecule has 7 N–H and O–H groups in total. The first-order chi connectivity index (χ1) is 7.44. The molecule has 0 spiro atoms. The molecule has 0 rings (SSSR count). The van der Waals surface area contributed by atoms with E-state index in [1.54, 1.807) is 0 Å². The highest BCUT2D eigenvalue weighted by atomic mass is 16.4. The van der Waals surface area contributed by atoms with Gasteiger partial charge in [-0.15, -0.1) is 0 Å². The Kier molecular flexibility index (Phi) is 12.1. The number of carbonyl (C=O) groups is 1. The Labute approximate surface area is 92.0 Å². The molecule has 0 unspecified atom stereocenters. The number of aliphatic hydroxyl groups is 7. The van der Waals surface area contributed by atoms with E-state index in [-0.39, 0.29) is 19.5 Å². The van der Waals surface area contributed by atoms with Crippen LogP contribution in [0.3, 0.4) is 0 Å². The zero-order valence-corrected chi connectivity index (χ0v) is 8.55. The van der Waals surface area contributed by atoms with Crippen molar-refractivity contribution < 1.29 is 40.5 Å². The summed E-state index contributed by atoms with van der Waals surface area (Å²) in [7, 11) is 0. The maximum atomic E-state index is 9.76. The van der Waals surface area contributed by atoms with Gasteiger partial charge in [0.1, 0.15) is 24.4 Å². The molecule has 0 aromatic heterocycles. The van der Waals surface area contributed by atoms with Gasteiger partial charge in [0.05, 0.1) is 19.8 Å². The maximum Gasteiger partial charge on any atom is 0.151 e. The van der Waals surface area contributed by atoms with E-state index >= 15 is 0 Å². The van der Waals surface area contributed by atoms with Gasteiger partial charge in [-0.25, -0.2) is 0 Å². The predicted octanol–water partition coefficient (Wildman–Crippen LogP) is -4.41. The molecule has 8 heteroatoms. The normalized spacial score (nSPS) is 16.0. The number of carbonyl (C=O) groups excluding carboxylic acids is 1. The van der Waals surface area contributed by atoms with Crippen LogP contribution in [0, 0.1) is 0 Å². The van der Waals surface area contributed by atoms with E-state index in [4.69, 9.17) is 35.7 Å². The fourth-order valence-corrected chi connectivity index (χ4v) is 0.474. The Balaban J connectivity index is 0. The van der Waals surface area contributed by atoms with E-state index in [1.807, 2.05) is 0 Å². The molecule has 98 valence electrons. The van der Waals surface area contributed by atoms with Crippen molar-refractivity contribution in [2.24, 2.45) is 0 Å². The van der Waals surface area contributed by atoms with Crippen LogP contribution in [0.25, 0.3) is 0 Å². The van der Waals surface area contributed by atoms with Gasteiger partial charge >= 0.3 is 0 Å². The Hall–Kier alpha value is -0.610. The monoisotopic (exact) mass is 242 g/mol. The summed E-state index contributed by atoms with van der Waals surface area (Å²) in [6.07, 6.45) is -5.58. The molecule has 0 aliphatic carbocycles. The summed E-state index contributed by atoms with van der Waals surface area (Å²) in [5.41, 5.74) is 0. The molecular formula is C8H18O8. The lowest BCUT2D eigenvalue weighted by Gasteiger charge is -2.16. The molecule has 3 atom stereocenters. The van der Waals surface area contributed by atoms with Gasteiger partial charge in [-0.3, -0.25) is 0 Å². The van der Waals surface area contributed by atoms with Crippen LogP contribution in [0.4, 0.5) is 0 Å². The van der Waals surface area contributed by atoms with E-state index in [2.05, 4.69) is 0 Å². The summed E-state index contributed by atoms with van der Waals surface area (Å²) in [6, 6.07) is 0. The molecule has 0 amide bonds. The number of aldehydes is 1. The number of hydrogen-bond donors (Lipinski definition) is 7. The molecule has 0 aliphatic heterocycles. The second-order valence-electron chi connectivity index (χ2n) is 2.89. The molecule has 0 radical (unpaired) electrons. The van der Waals surface area contributed by atoms with E-state index in [1.165, 1.54) is 0 Å². The highest BCUT2D eigenvalue weighted by molar-refractivity contribution is 5.56. The molecular weight excluding hydrogens is 224 g/mol. The van der Waals surface area contributed by atoms with Crippen LogP contribution in [-0.4, -0.2) is 86.3 Å². The second kappa shape index (κ2) is 10.9. The molecule has 16 heavy (non-hydrogen) atoms. The molecule has 0 aromatic rings. The highest BCUT2D eigenvalue weighted by Gasteiger charge is 2.22. The van der Waals surface area contributed by atoms with Crippen molar-refractivity contribution in [2.45, 2.75) is 24.4 Å². The van der Waals surface area contributed by atoms with Crippen molar-refractivity contribution in [1.29, 1.82) is 0 Å². The van der Waals surface area contributed by atoms with Gasteiger partial charge in [0.15, 0.2) is 6.29 Å². The van der Waals surface area contributed by atoms with Gasteiger partial charge in [-0.05, 0) is 0 Å². The lowest BCUT2D eigenvalue weighted by molar-refractivity contribution is -0.127. The third-order valence-corrected chi connectivity index (χ3v) is 1.49. The summed E-state index contributed by atoms with van der Waals surface area (Å²) in [4.78, 5) is 9.76.